The van der Waals surface area contributed by atoms with E-state index in [1.165, 1.54) is 4.88 Å². The summed E-state index contributed by atoms with van der Waals surface area (Å²) in [6.45, 7) is 2.55. The first-order valence-corrected chi connectivity index (χ1v) is 7.73. The average molecular weight is 308 g/mol. The van der Waals surface area contributed by atoms with E-state index in [-0.39, 0.29) is 5.15 Å². The molecule has 0 N–H and O–H groups in total. The molecule has 1 aliphatic rings. The van der Waals surface area contributed by atoms with Gasteiger partial charge in [-0.2, -0.15) is 0 Å². The van der Waals surface area contributed by atoms with E-state index < -0.39 is 0 Å². The van der Waals surface area contributed by atoms with Crippen molar-refractivity contribution in [3.05, 3.63) is 38.9 Å². The molecule has 0 saturated heterocycles. The van der Waals surface area contributed by atoms with Gasteiger partial charge in [-0.1, -0.05) is 17.7 Å². The Morgan fingerprint density at radius 3 is 2.90 bits per heavy atom. The van der Waals surface area contributed by atoms with Gasteiger partial charge in [0.05, 0.1) is 12.1 Å². The van der Waals surface area contributed by atoms with Gasteiger partial charge in [0.15, 0.2) is 6.29 Å². The Hall–Kier alpha value is -1.46. The highest BCUT2D eigenvalue weighted by Gasteiger charge is 2.32. The molecule has 0 bridgehead atoms. The van der Waals surface area contributed by atoms with Crippen LogP contribution in [0.5, 0.6) is 0 Å². The molecule has 0 spiro atoms. The molecule has 4 nitrogen and oxygen atoms in total. The summed E-state index contributed by atoms with van der Waals surface area (Å²) in [5.74, 6) is 1.25. The number of nitrogens with zero attached hydrogens (tertiary/aromatic N) is 3. The van der Waals surface area contributed by atoms with E-state index in [9.17, 15) is 4.79 Å². The van der Waals surface area contributed by atoms with Crippen molar-refractivity contribution in [1.82, 2.24) is 9.97 Å². The summed E-state index contributed by atoms with van der Waals surface area (Å²) in [5.41, 5.74) is 0.390. The monoisotopic (exact) mass is 307 g/mol. The lowest BCUT2D eigenvalue weighted by Gasteiger charge is -2.24. The van der Waals surface area contributed by atoms with E-state index in [1.807, 2.05) is 6.07 Å². The molecule has 0 unspecified atom stereocenters. The molecule has 0 aromatic carbocycles. The third-order valence-corrected chi connectivity index (χ3v) is 4.42. The van der Waals surface area contributed by atoms with Gasteiger partial charge < -0.3 is 4.90 Å². The number of anilines is 1. The Kier molecular flexibility index (Phi) is 3.72. The number of aromatic nitrogens is 2. The number of halogens is 1. The number of hydrogen-bond acceptors (Lipinski definition) is 5. The quantitative estimate of drug-likeness (QED) is 0.626. The highest BCUT2D eigenvalue weighted by molar-refractivity contribution is 7.09. The number of hydrogen-bond donors (Lipinski definition) is 0. The number of aryl methyl sites for hydroxylation is 1. The Bertz CT molecular complexity index is 626. The second-order valence-electron chi connectivity index (χ2n) is 4.86. The van der Waals surface area contributed by atoms with E-state index >= 15 is 0 Å². The van der Waals surface area contributed by atoms with Crippen LogP contribution in [0.25, 0.3) is 0 Å². The molecule has 3 rings (SSSR count). The highest BCUT2D eigenvalue weighted by atomic mass is 35.5. The van der Waals surface area contributed by atoms with Crippen LogP contribution in [0, 0.1) is 6.92 Å². The SMILES string of the molecule is Cc1nc(Cl)c(C=O)c(N(Cc2cccs2)C2CC2)n1. The minimum atomic E-state index is 0.235. The van der Waals surface area contributed by atoms with E-state index in [0.29, 0.717) is 23.2 Å². The second kappa shape index (κ2) is 5.50. The molecule has 20 heavy (non-hydrogen) atoms. The lowest BCUT2D eigenvalue weighted by atomic mass is 10.3. The van der Waals surface area contributed by atoms with Crippen LogP contribution in [0.2, 0.25) is 5.15 Å². The Labute approximate surface area is 126 Å². The Balaban J connectivity index is 2.01. The number of aldehydes is 1. The average Bonchev–Trinajstić information content (AvgIpc) is 3.12. The Morgan fingerprint density at radius 1 is 1.50 bits per heavy atom. The number of carbonyl (C=O) groups is 1. The smallest absolute Gasteiger partial charge is 0.156 e. The third-order valence-electron chi connectivity index (χ3n) is 3.27. The van der Waals surface area contributed by atoms with Gasteiger partial charge in [0.25, 0.3) is 0 Å². The zero-order chi connectivity index (χ0) is 14.1. The fourth-order valence-corrected chi connectivity index (χ4v) is 3.14. The zero-order valence-corrected chi connectivity index (χ0v) is 12.6. The van der Waals surface area contributed by atoms with Crippen molar-refractivity contribution in [2.75, 3.05) is 4.90 Å². The van der Waals surface area contributed by atoms with Crippen molar-refractivity contribution >= 4 is 35.0 Å². The topological polar surface area (TPSA) is 46.1 Å². The van der Waals surface area contributed by atoms with Gasteiger partial charge in [-0.15, -0.1) is 11.3 Å². The fraction of sp³-hybridized carbons (Fsp3) is 0.357. The molecular formula is C14H14ClN3OS. The molecular weight excluding hydrogens is 294 g/mol. The second-order valence-corrected chi connectivity index (χ2v) is 6.25. The van der Waals surface area contributed by atoms with Gasteiger partial charge in [-0.3, -0.25) is 4.79 Å². The maximum atomic E-state index is 11.3. The molecule has 0 amide bonds. The standard InChI is InChI=1S/C14H14ClN3OS/c1-9-16-13(15)12(8-19)14(17-9)18(10-4-5-10)7-11-3-2-6-20-11/h2-3,6,8,10H,4-5,7H2,1H3. The Morgan fingerprint density at radius 2 is 2.30 bits per heavy atom. The minimum Gasteiger partial charge on any atom is -0.348 e. The van der Waals surface area contributed by atoms with Gasteiger partial charge in [-0.25, -0.2) is 9.97 Å². The van der Waals surface area contributed by atoms with Crippen molar-refractivity contribution in [2.45, 2.75) is 32.4 Å². The van der Waals surface area contributed by atoms with Crippen LogP contribution < -0.4 is 4.90 Å². The molecule has 0 atom stereocenters. The summed E-state index contributed by atoms with van der Waals surface area (Å²) in [4.78, 5) is 23.3. The summed E-state index contributed by atoms with van der Waals surface area (Å²) < 4.78 is 0. The fourth-order valence-electron chi connectivity index (χ4n) is 2.19. The molecule has 1 saturated carbocycles. The van der Waals surface area contributed by atoms with Crippen LogP contribution in [0.3, 0.4) is 0 Å². The van der Waals surface area contributed by atoms with Crippen LogP contribution in [-0.2, 0) is 6.54 Å². The predicted molar refractivity (Wildman–Crippen MR) is 80.7 cm³/mol. The van der Waals surface area contributed by atoms with Crippen molar-refractivity contribution in [2.24, 2.45) is 0 Å². The summed E-state index contributed by atoms with van der Waals surface area (Å²) in [6.07, 6.45) is 3.01. The van der Waals surface area contributed by atoms with Crippen LogP contribution in [0.1, 0.15) is 33.9 Å². The van der Waals surface area contributed by atoms with E-state index in [4.69, 9.17) is 11.6 Å². The van der Waals surface area contributed by atoms with Crippen molar-refractivity contribution in [3.8, 4) is 0 Å². The van der Waals surface area contributed by atoms with Gasteiger partial charge in [-0.05, 0) is 31.2 Å². The van der Waals surface area contributed by atoms with E-state index in [0.717, 1.165) is 25.7 Å². The van der Waals surface area contributed by atoms with Crippen molar-refractivity contribution in [3.63, 3.8) is 0 Å². The van der Waals surface area contributed by atoms with Crippen molar-refractivity contribution in [1.29, 1.82) is 0 Å². The normalized spacial score (nSPS) is 14.3. The lowest BCUT2D eigenvalue weighted by Crippen LogP contribution is -2.27. The first kappa shape index (κ1) is 13.5. The first-order chi connectivity index (χ1) is 9.69. The molecule has 104 valence electrons. The van der Waals surface area contributed by atoms with Gasteiger partial charge in [0.2, 0.25) is 0 Å². The summed E-state index contributed by atoms with van der Waals surface area (Å²) in [7, 11) is 0. The van der Waals surface area contributed by atoms with Gasteiger partial charge in [0.1, 0.15) is 16.8 Å². The first-order valence-electron chi connectivity index (χ1n) is 6.47. The molecule has 0 aliphatic heterocycles. The number of carbonyl (C=O) groups excluding carboxylic acids is 1. The summed E-state index contributed by atoms with van der Waals surface area (Å²) >= 11 is 7.79. The summed E-state index contributed by atoms with van der Waals surface area (Å²) in [5, 5.41) is 2.29. The molecule has 1 fully saturated rings. The summed E-state index contributed by atoms with van der Waals surface area (Å²) in [6, 6.07) is 4.57. The third kappa shape index (κ3) is 2.69. The van der Waals surface area contributed by atoms with Crippen LogP contribution in [0.15, 0.2) is 17.5 Å². The van der Waals surface area contributed by atoms with Gasteiger partial charge >= 0.3 is 0 Å². The zero-order valence-electron chi connectivity index (χ0n) is 11.0. The molecule has 2 aromatic rings. The van der Waals surface area contributed by atoms with Gasteiger partial charge in [0, 0.05) is 10.9 Å². The minimum absolute atomic E-state index is 0.235. The molecule has 2 aromatic heterocycles. The van der Waals surface area contributed by atoms with Crippen LogP contribution >= 0.6 is 22.9 Å². The number of rotatable bonds is 5. The van der Waals surface area contributed by atoms with Crippen LogP contribution in [0.4, 0.5) is 5.82 Å². The number of thiophene rings is 1. The molecule has 0 radical (unpaired) electrons. The van der Waals surface area contributed by atoms with Crippen LogP contribution in [-0.4, -0.2) is 22.3 Å². The maximum Gasteiger partial charge on any atom is 0.156 e. The molecule has 6 heteroatoms. The van der Waals surface area contributed by atoms with E-state index in [2.05, 4.69) is 26.3 Å². The predicted octanol–water partition coefficient (Wildman–Crippen LogP) is 3.48. The largest absolute Gasteiger partial charge is 0.348 e. The molecule has 1 aliphatic carbocycles. The van der Waals surface area contributed by atoms with E-state index in [1.54, 1.807) is 18.3 Å². The lowest BCUT2D eigenvalue weighted by molar-refractivity contribution is 0.112. The van der Waals surface area contributed by atoms with Crippen molar-refractivity contribution < 1.29 is 4.79 Å². The maximum absolute atomic E-state index is 11.3. The molecule has 2 heterocycles. The highest BCUT2D eigenvalue weighted by Crippen LogP contribution is 2.35.